The number of nitrogens with zero attached hydrogens (tertiary/aromatic N) is 1. The number of carbonyl (C=O) groups is 3. The molecule has 7 rings (SSSR count). The number of benzene rings is 1. The molecule has 7 unspecified atom stereocenters. The van der Waals surface area contributed by atoms with Gasteiger partial charge in [-0.25, -0.2) is 4.79 Å². The number of fused-ring (bicyclic) bond motifs is 3. The maximum absolute atomic E-state index is 15.1. The molecule has 0 saturated carbocycles. The summed E-state index contributed by atoms with van der Waals surface area (Å²) in [6.07, 6.45) is 25.8. The first kappa shape index (κ1) is 42.1. The van der Waals surface area contributed by atoms with Gasteiger partial charge in [0, 0.05) is 43.1 Å². The number of likely N-dealkylation sites (N-methyl/N-ethyl adjacent to an activating group) is 1. The molecule has 1 aromatic carbocycles. The van der Waals surface area contributed by atoms with E-state index in [4.69, 9.17) is 15.2 Å². The number of epoxide rings is 1. The second kappa shape index (κ2) is 17.7. The molecule has 4 aliphatic carbocycles. The van der Waals surface area contributed by atoms with Crippen LogP contribution in [0.15, 0.2) is 106 Å². The molecule has 6 aliphatic rings. The predicted octanol–water partition coefficient (Wildman–Crippen LogP) is 4.84. The number of nitrogens with two attached hydrogens (primary N) is 1. The predicted molar refractivity (Wildman–Crippen MR) is 232 cm³/mol. The zero-order valence-electron chi connectivity index (χ0n) is 35.2. The smallest absolute Gasteiger partial charge is 0.350 e. The summed E-state index contributed by atoms with van der Waals surface area (Å²) < 4.78 is 12.6. The molecule has 0 radical (unpaired) electrons. The Morgan fingerprint density at radius 2 is 2.05 bits per heavy atom. The number of allylic oxidation sites excluding steroid dienone is 7. The van der Waals surface area contributed by atoms with E-state index in [-0.39, 0.29) is 47.8 Å². The number of Topliss-reactive ketones (excluding diaryl/α,β-unsaturated/α-hetero) is 2. The minimum Gasteiger partial charge on any atom is -0.463 e. The van der Waals surface area contributed by atoms with Crippen LogP contribution in [0.1, 0.15) is 85.6 Å². The summed E-state index contributed by atoms with van der Waals surface area (Å²) in [7, 11) is 3.50. The molecule has 59 heavy (non-hydrogen) atoms. The molecule has 12 nitrogen and oxygen atoms in total. The Morgan fingerprint density at radius 3 is 2.81 bits per heavy atom. The number of hydrogen-bond donors (Lipinski definition) is 6. The summed E-state index contributed by atoms with van der Waals surface area (Å²) in [6, 6.07) is 5.18. The number of carbonyl (C=O) groups excluding carboxylic acids is 3. The Morgan fingerprint density at radius 1 is 1.20 bits per heavy atom. The number of ketones is 2. The standard InChI is InChI=1S/C47H61N7O5/c1-6-51-37-25-32-14-9-8-13-31(32)24-35(37)28-58-43(57)47-42(56)40-34(27-45(3)19-10-7-11-20-45)15-12-16-36(40)41(55)46(47,59-47)21-17-30(2)23-38(54-44(48)50-5)33-18-22-52-39(26-33)53-29-49-4/h7,9-12,14-19,25-26,31,35,37-38,49,51-53H,6,8,13,20-24,27-29H2,1-5H3,(H3,48,50,54). The van der Waals surface area contributed by atoms with Crippen LogP contribution in [0, 0.1) is 17.3 Å². The summed E-state index contributed by atoms with van der Waals surface area (Å²) in [5.41, 5.74) is 6.65. The quantitative estimate of drug-likeness (QED) is 0.0257. The molecular weight excluding hydrogens is 743 g/mol. The van der Waals surface area contributed by atoms with Crippen molar-refractivity contribution in [1.82, 2.24) is 26.6 Å². The van der Waals surface area contributed by atoms with Crippen LogP contribution in [0.2, 0.25) is 0 Å². The summed E-state index contributed by atoms with van der Waals surface area (Å²) in [4.78, 5) is 48.9. The highest BCUT2D eigenvalue weighted by Gasteiger charge is 2.85. The maximum Gasteiger partial charge on any atom is 0.350 e. The fraction of sp³-hybridized carbons (Fsp3) is 0.489. The van der Waals surface area contributed by atoms with Gasteiger partial charge in [-0.2, -0.15) is 0 Å². The van der Waals surface area contributed by atoms with E-state index < -0.39 is 23.0 Å². The van der Waals surface area contributed by atoms with Crippen LogP contribution >= 0.6 is 0 Å². The van der Waals surface area contributed by atoms with E-state index >= 15 is 4.79 Å². The van der Waals surface area contributed by atoms with Gasteiger partial charge in [-0.3, -0.25) is 14.6 Å². The van der Waals surface area contributed by atoms with Gasteiger partial charge < -0.3 is 41.8 Å². The van der Waals surface area contributed by atoms with Crippen molar-refractivity contribution in [3.8, 4) is 0 Å². The lowest BCUT2D eigenvalue weighted by Crippen LogP contribution is -2.51. The summed E-state index contributed by atoms with van der Waals surface area (Å²) in [5.74, 6) is -0.0974. The normalized spacial score (nSPS) is 30.2. The van der Waals surface area contributed by atoms with E-state index in [1.54, 1.807) is 13.1 Å². The first-order valence-corrected chi connectivity index (χ1v) is 21.2. The monoisotopic (exact) mass is 803 g/mol. The summed E-state index contributed by atoms with van der Waals surface area (Å²) in [5, 5.41) is 16.6. The number of hydrogen-bond acceptors (Lipinski definition) is 10. The Labute approximate surface area is 348 Å². The van der Waals surface area contributed by atoms with Gasteiger partial charge in [0.1, 0.15) is 5.82 Å². The van der Waals surface area contributed by atoms with Crippen molar-refractivity contribution in [3.63, 3.8) is 0 Å². The van der Waals surface area contributed by atoms with E-state index in [1.807, 2.05) is 50.4 Å². The van der Waals surface area contributed by atoms with Gasteiger partial charge in [-0.15, -0.1) is 0 Å². The van der Waals surface area contributed by atoms with Gasteiger partial charge in [0.25, 0.3) is 5.60 Å². The topological polar surface area (TPSA) is 171 Å². The second-order valence-corrected chi connectivity index (χ2v) is 17.1. The molecule has 1 aromatic rings. The number of rotatable bonds is 16. The molecule has 1 saturated heterocycles. The third-order valence-corrected chi connectivity index (χ3v) is 12.8. The number of aliphatic imine (C=N–C) groups is 1. The van der Waals surface area contributed by atoms with E-state index in [0.29, 0.717) is 43.5 Å². The van der Waals surface area contributed by atoms with Crippen LogP contribution in [-0.2, 0) is 20.7 Å². The van der Waals surface area contributed by atoms with Gasteiger partial charge in [0.2, 0.25) is 5.78 Å². The second-order valence-electron chi connectivity index (χ2n) is 17.1. The molecule has 314 valence electrons. The average Bonchev–Trinajstić information content (AvgIpc) is 3.95. The number of esters is 1. The zero-order chi connectivity index (χ0) is 41.8. The molecule has 0 amide bonds. The van der Waals surface area contributed by atoms with Gasteiger partial charge >= 0.3 is 5.97 Å². The van der Waals surface area contributed by atoms with Crippen molar-refractivity contribution in [3.05, 3.63) is 118 Å². The van der Waals surface area contributed by atoms with Crippen LogP contribution < -0.4 is 32.3 Å². The van der Waals surface area contributed by atoms with E-state index in [9.17, 15) is 9.59 Å². The lowest BCUT2D eigenvalue weighted by atomic mass is 9.69. The summed E-state index contributed by atoms with van der Waals surface area (Å²) >= 11 is 0. The van der Waals surface area contributed by atoms with E-state index in [0.717, 1.165) is 54.8 Å². The number of dihydropyridines is 1. The van der Waals surface area contributed by atoms with Crippen molar-refractivity contribution in [1.29, 1.82) is 0 Å². The highest BCUT2D eigenvalue weighted by Crippen LogP contribution is 2.59. The summed E-state index contributed by atoms with van der Waals surface area (Å²) in [6.45, 7) is 8.26. The van der Waals surface area contributed by atoms with Crippen LogP contribution in [0.4, 0.5) is 0 Å². The third-order valence-electron chi connectivity index (χ3n) is 12.8. The Kier molecular flexibility index (Phi) is 12.6. The molecular formula is C47H61N7O5. The lowest BCUT2D eigenvalue weighted by molar-refractivity contribution is -0.150. The molecule has 0 spiro atoms. The first-order valence-electron chi connectivity index (χ1n) is 21.2. The molecule has 7 atom stereocenters. The van der Waals surface area contributed by atoms with Crippen molar-refractivity contribution in [2.45, 2.75) is 89.0 Å². The van der Waals surface area contributed by atoms with Crippen LogP contribution in [-0.4, -0.2) is 87.2 Å². The minimum atomic E-state index is -2.09. The van der Waals surface area contributed by atoms with E-state index in [1.165, 1.54) is 5.57 Å². The fourth-order valence-corrected chi connectivity index (χ4v) is 9.54. The molecule has 0 bridgehead atoms. The number of guanidine groups is 1. The largest absolute Gasteiger partial charge is 0.463 e. The average molecular weight is 804 g/mol. The molecule has 1 fully saturated rings. The lowest BCUT2D eigenvalue weighted by Gasteiger charge is -2.36. The molecule has 0 aromatic heterocycles. The molecule has 12 heteroatoms. The minimum absolute atomic E-state index is 0.00463. The maximum atomic E-state index is 15.1. The van der Waals surface area contributed by atoms with Crippen LogP contribution in [0.5, 0.6) is 0 Å². The molecule has 2 aliphatic heterocycles. The van der Waals surface area contributed by atoms with Crippen LogP contribution in [0.3, 0.4) is 0 Å². The van der Waals surface area contributed by atoms with Crippen molar-refractivity contribution >= 4 is 23.5 Å². The third kappa shape index (κ3) is 8.40. The fourth-order valence-electron chi connectivity index (χ4n) is 9.54. The Bertz CT molecular complexity index is 2080. The van der Waals surface area contributed by atoms with Gasteiger partial charge in [-0.05, 0) is 93.2 Å². The van der Waals surface area contributed by atoms with Crippen LogP contribution in [0.25, 0.3) is 0 Å². The van der Waals surface area contributed by atoms with Gasteiger partial charge in [0.05, 0.1) is 19.3 Å². The van der Waals surface area contributed by atoms with Crippen molar-refractivity contribution in [2.75, 3.05) is 40.5 Å². The Hall–Kier alpha value is -5.04. The first-order chi connectivity index (χ1) is 28.5. The zero-order valence-corrected chi connectivity index (χ0v) is 35.2. The SMILES string of the molecule is CCNC1C=C2C=CCCC2CC1COC(=O)C12OC1(CC=C(C)CC(NC(N)=NC)C1=CCNC(NCNC)=C1)C(=O)c1cccc(CC3(C)C=CC=CC3)c1C2=O. The van der Waals surface area contributed by atoms with Gasteiger partial charge in [-0.1, -0.05) is 92.3 Å². The number of nitrogens with one attached hydrogen (secondary N) is 5. The van der Waals surface area contributed by atoms with Gasteiger partial charge in [0.15, 0.2) is 17.3 Å². The van der Waals surface area contributed by atoms with Crippen molar-refractivity contribution in [2.24, 2.45) is 28.0 Å². The molecule has 7 N–H and O–H groups in total. The highest BCUT2D eigenvalue weighted by atomic mass is 16.7. The number of ether oxygens (including phenoxy) is 2. The van der Waals surface area contributed by atoms with E-state index in [2.05, 4.69) is 81.9 Å². The Balaban J connectivity index is 1.19. The highest BCUT2D eigenvalue weighted by molar-refractivity contribution is 6.33. The molecule has 2 heterocycles. The van der Waals surface area contributed by atoms with Crippen molar-refractivity contribution < 1.29 is 23.9 Å².